The van der Waals surface area contributed by atoms with Gasteiger partial charge in [0, 0.05) is 26.2 Å². The molecule has 0 aliphatic carbocycles. The van der Waals surface area contributed by atoms with Crippen LogP contribution >= 0.6 is 11.3 Å². The minimum atomic E-state index is 0.657. The van der Waals surface area contributed by atoms with E-state index in [1.807, 2.05) is 7.05 Å². The van der Waals surface area contributed by atoms with Crippen molar-refractivity contribution in [2.75, 3.05) is 26.7 Å². The highest BCUT2D eigenvalue weighted by Crippen LogP contribution is 2.15. The van der Waals surface area contributed by atoms with Crippen LogP contribution < -0.4 is 10.6 Å². The van der Waals surface area contributed by atoms with Gasteiger partial charge >= 0.3 is 0 Å². The Morgan fingerprint density at radius 1 is 1.53 bits per heavy atom. The van der Waals surface area contributed by atoms with Crippen LogP contribution in [0, 0.1) is 0 Å². The summed E-state index contributed by atoms with van der Waals surface area (Å²) >= 11 is 1.73. The fourth-order valence-electron chi connectivity index (χ4n) is 2.56. The number of hydrogen-bond acceptors (Lipinski definition) is 3. The molecule has 0 saturated carbocycles. The van der Waals surface area contributed by atoms with Crippen LogP contribution in [0.4, 0.5) is 0 Å². The maximum Gasteiger partial charge on any atom is 0.191 e. The molecule has 1 fully saturated rings. The summed E-state index contributed by atoms with van der Waals surface area (Å²) in [6, 6.07) is 2.80. The van der Waals surface area contributed by atoms with Crippen molar-refractivity contribution in [3.8, 4) is 0 Å². The summed E-state index contributed by atoms with van der Waals surface area (Å²) in [5.41, 5.74) is 1.31. The van der Waals surface area contributed by atoms with Crippen LogP contribution in [-0.4, -0.2) is 43.6 Å². The first-order chi connectivity index (χ1) is 9.33. The van der Waals surface area contributed by atoms with E-state index in [0.29, 0.717) is 6.04 Å². The molecule has 1 aromatic heterocycles. The molecule has 1 aliphatic heterocycles. The number of aliphatic imine (C=N–C) groups is 1. The molecule has 2 rings (SSSR count). The van der Waals surface area contributed by atoms with Gasteiger partial charge in [0.15, 0.2) is 5.96 Å². The number of nitrogens with zero attached hydrogens (tertiary/aromatic N) is 2. The highest BCUT2D eigenvalue weighted by atomic mass is 32.1. The van der Waals surface area contributed by atoms with Gasteiger partial charge in [-0.15, -0.1) is 0 Å². The van der Waals surface area contributed by atoms with Gasteiger partial charge in [-0.2, -0.15) is 11.3 Å². The van der Waals surface area contributed by atoms with Gasteiger partial charge < -0.3 is 10.6 Å². The summed E-state index contributed by atoms with van der Waals surface area (Å²) in [6.45, 7) is 6.45. The lowest BCUT2D eigenvalue weighted by molar-refractivity contribution is 0.267. The third-order valence-electron chi connectivity index (χ3n) is 3.67. The Bertz CT molecular complexity index is 388. The van der Waals surface area contributed by atoms with Crippen molar-refractivity contribution >= 4 is 17.3 Å². The van der Waals surface area contributed by atoms with Crippen LogP contribution in [0.1, 0.15) is 25.3 Å². The Morgan fingerprint density at radius 3 is 3.11 bits per heavy atom. The van der Waals surface area contributed by atoms with E-state index in [9.17, 15) is 0 Å². The zero-order valence-corrected chi connectivity index (χ0v) is 12.7. The van der Waals surface area contributed by atoms with Crippen molar-refractivity contribution in [2.45, 2.75) is 32.4 Å². The van der Waals surface area contributed by atoms with Crippen molar-refractivity contribution in [2.24, 2.45) is 4.99 Å². The molecule has 19 heavy (non-hydrogen) atoms. The molecule has 4 nitrogen and oxygen atoms in total. The molecule has 1 saturated heterocycles. The Hall–Kier alpha value is -1.07. The highest BCUT2D eigenvalue weighted by molar-refractivity contribution is 7.07. The molecule has 2 N–H and O–H groups in total. The summed E-state index contributed by atoms with van der Waals surface area (Å²) in [7, 11) is 1.83. The van der Waals surface area contributed by atoms with Gasteiger partial charge in [0.2, 0.25) is 0 Å². The number of guanidine groups is 1. The Kier molecular flexibility index (Phi) is 5.66. The largest absolute Gasteiger partial charge is 0.355 e. The summed E-state index contributed by atoms with van der Waals surface area (Å²) < 4.78 is 0. The second kappa shape index (κ2) is 7.50. The summed E-state index contributed by atoms with van der Waals surface area (Å²) in [5.74, 6) is 0.897. The monoisotopic (exact) mass is 280 g/mol. The number of rotatable bonds is 5. The number of likely N-dealkylation sites (N-methyl/N-ethyl adjacent to an activating group) is 1. The van der Waals surface area contributed by atoms with Crippen LogP contribution in [-0.2, 0) is 6.54 Å². The Labute approximate surface area is 119 Å². The molecule has 106 valence electrons. The first-order valence-corrected chi connectivity index (χ1v) is 7.97. The normalized spacial score (nSPS) is 20.7. The molecule has 5 heteroatoms. The molecule has 0 amide bonds. The van der Waals surface area contributed by atoms with Gasteiger partial charge in [-0.05, 0) is 48.3 Å². The standard InChI is InChI=1S/C14H24N4S/c1-3-18-7-4-5-13(18)10-17-14(15-2)16-9-12-6-8-19-11-12/h6,8,11,13H,3-5,7,9-10H2,1-2H3,(H2,15,16,17). The number of thiophene rings is 1. The molecular formula is C14H24N4S. The average Bonchev–Trinajstić information content (AvgIpc) is 3.09. The minimum Gasteiger partial charge on any atom is -0.355 e. The predicted octanol–water partition coefficient (Wildman–Crippen LogP) is 1.90. The van der Waals surface area contributed by atoms with Gasteiger partial charge in [0.1, 0.15) is 0 Å². The smallest absolute Gasteiger partial charge is 0.191 e. The van der Waals surface area contributed by atoms with E-state index in [4.69, 9.17) is 0 Å². The van der Waals surface area contributed by atoms with E-state index in [1.54, 1.807) is 11.3 Å². The first-order valence-electron chi connectivity index (χ1n) is 7.03. The third-order valence-corrected chi connectivity index (χ3v) is 4.41. The zero-order valence-electron chi connectivity index (χ0n) is 11.9. The quantitative estimate of drug-likeness (QED) is 0.639. The van der Waals surface area contributed by atoms with Crippen LogP contribution in [0.25, 0.3) is 0 Å². The maximum absolute atomic E-state index is 4.28. The molecule has 1 aromatic rings. The predicted molar refractivity (Wildman–Crippen MR) is 82.8 cm³/mol. The molecule has 2 heterocycles. The minimum absolute atomic E-state index is 0.657. The summed E-state index contributed by atoms with van der Waals surface area (Å²) in [4.78, 5) is 6.82. The third kappa shape index (κ3) is 4.21. The number of nitrogens with one attached hydrogen (secondary N) is 2. The molecule has 0 aromatic carbocycles. The topological polar surface area (TPSA) is 39.7 Å². The molecule has 0 spiro atoms. The van der Waals surface area contributed by atoms with E-state index in [-0.39, 0.29) is 0 Å². The Balaban J connectivity index is 1.73. The van der Waals surface area contributed by atoms with Gasteiger partial charge in [0.05, 0.1) is 0 Å². The second-order valence-corrected chi connectivity index (χ2v) is 5.64. The van der Waals surface area contributed by atoms with E-state index >= 15 is 0 Å². The molecular weight excluding hydrogens is 256 g/mol. The molecule has 0 bridgehead atoms. The molecule has 0 radical (unpaired) electrons. The van der Waals surface area contributed by atoms with Crippen LogP contribution in [0.15, 0.2) is 21.8 Å². The Morgan fingerprint density at radius 2 is 2.42 bits per heavy atom. The van der Waals surface area contributed by atoms with Crippen LogP contribution in [0.5, 0.6) is 0 Å². The van der Waals surface area contributed by atoms with Crippen LogP contribution in [0.2, 0.25) is 0 Å². The fraction of sp³-hybridized carbons (Fsp3) is 0.643. The van der Waals surface area contributed by atoms with Gasteiger partial charge in [-0.3, -0.25) is 9.89 Å². The zero-order chi connectivity index (χ0) is 13.5. The van der Waals surface area contributed by atoms with Gasteiger partial charge in [-0.25, -0.2) is 0 Å². The lowest BCUT2D eigenvalue weighted by Crippen LogP contribution is -2.44. The van der Waals surface area contributed by atoms with Gasteiger partial charge in [0.25, 0.3) is 0 Å². The maximum atomic E-state index is 4.28. The van der Waals surface area contributed by atoms with E-state index in [2.05, 4.69) is 44.3 Å². The van der Waals surface area contributed by atoms with Gasteiger partial charge in [-0.1, -0.05) is 6.92 Å². The SMILES string of the molecule is CCN1CCCC1CNC(=NC)NCc1ccsc1. The van der Waals surface area contributed by atoms with E-state index in [1.165, 1.54) is 24.9 Å². The second-order valence-electron chi connectivity index (χ2n) is 4.86. The van der Waals surface area contributed by atoms with Crippen molar-refractivity contribution in [3.63, 3.8) is 0 Å². The number of hydrogen-bond donors (Lipinski definition) is 2. The van der Waals surface area contributed by atoms with Crippen molar-refractivity contribution in [1.82, 2.24) is 15.5 Å². The van der Waals surface area contributed by atoms with E-state index < -0.39 is 0 Å². The summed E-state index contributed by atoms with van der Waals surface area (Å²) in [5, 5.41) is 11.1. The first kappa shape index (κ1) is 14.3. The van der Waals surface area contributed by atoms with Crippen molar-refractivity contribution < 1.29 is 0 Å². The fourth-order valence-corrected chi connectivity index (χ4v) is 3.23. The lowest BCUT2D eigenvalue weighted by Gasteiger charge is -2.23. The average molecular weight is 280 g/mol. The highest BCUT2D eigenvalue weighted by Gasteiger charge is 2.22. The lowest BCUT2D eigenvalue weighted by atomic mass is 10.2. The molecule has 1 unspecified atom stereocenters. The molecule has 1 aliphatic rings. The molecule has 1 atom stereocenters. The van der Waals surface area contributed by atoms with Crippen molar-refractivity contribution in [1.29, 1.82) is 0 Å². The van der Waals surface area contributed by atoms with Crippen LogP contribution in [0.3, 0.4) is 0 Å². The number of likely N-dealkylation sites (tertiary alicyclic amines) is 1. The van der Waals surface area contributed by atoms with E-state index in [0.717, 1.165) is 25.6 Å². The summed E-state index contributed by atoms with van der Waals surface area (Å²) in [6.07, 6.45) is 2.61. The van der Waals surface area contributed by atoms with Crippen molar-refractivity contribution in [3.05, 3.63) is 22.4 Å².